The van der Waals surface area contributed by atoms with E-state index in [9.17, 15) is 9.50 Å². The molecule has 1 saturated heterocycles. The van der Waals surface area contributed by atoms with Gasteiger partial charge in [0.15, 0.2) is 0 Å². The Morgan fingerprint density at radius 1 is 1.50 bits per heavy atom. The van der Waals surface area contributed by atoms with Crippen molar-refractivity contribution >= 4 is 5.69 Å². The third-order valence-electron chi connectivity index (χ3n) is 3.64. The van der Waals surface area contributed by atoms with Crippen LogP contribution in [0.25, 0.3) is 0 Å². The molecule has 20 heavy (non-hydrogen) atoms. The van der Waals surface area contributed by atoms with Crippen LogP contribution in [0, 0.1) is 5.82 Å². The van der Waals surface area contributed by atoms with E-state index in [0.29, 0.717) is 38.3 Å². The zero-order valence-electron chi connectivity index (χ0n) is 12.2. The predicted molar refractivity (Wildman–Crippen MR) is 77.4 cm³/mol. The van der Waals surface area contributed by atoms with E-state index < -0.39 is 5.60 Å². The molecule has 0 radical (unpaired) electrons. The molecule has 0 bridgehead atoms. The minimum Gasteiger partial charge on any atom is -0.388 e. The minimum absolute atomic E-state index is 0.228. The van der Waals surface area contributed by atoms with E-state index in [1.165, 1.54) is 6.07 Å². The van der Waals surface area contributed by atoms with E-state index in [-0.39, 0.29) is 5.82 Å². The molecule has 5 heteroatoms. The molecule has 1 fully saturated rings. The largest absolute Gasteiger partial charge is 0.388 e. The van der Waals surface area contributed by atoms with Gasteiger partial charge in [0.05, 0.1) is 17.9 Å². The maximum absolute atomic E-state index is 14.2. The van der Waals surface area contributed by atoms with Crippen LogP contribution in [0.15, 0.2) is 18.2 Å². The summed E-state index contributed by atoms with van der Waals surface area (Å²) in [5.41, 5.74) is 0.789. The Balaban J connectivity index is 2.10. The highest BCUT2D eigenvalue weighted by Crippen LogP contribution is 2.31. The molecule has 1 heterocycles. The van der Waals surface area contributed by atoms with Crippen molar-refractivity contribution in [2.45, 2.75) is 25.5 Å². The van der Waals surface area contributed by atoms with Crippen molar-refractivity contribution in [3.05, 3.63) is 29.6 Å². The van der Waals surface area contributed by atoms with Crippen LogP contribution in [0.1, 0.15) is 18.9 Å². The van der Waals surface area contributed by atoms with E-state index in [4.69, 9.17) is 4.74 Å². The van der Waals surface area contributed by atoms with Gasteiger partial charge in [0, 0.05) is 33.3 Å². The number of ether oxygens (including phenoxy) is 1. The molecule has 1 aliphatic heterocycles. The quantitative estimate of drug-likeness (QED) is 0.777. The van der Waals surface area contributed by atoms with Gasteiger partial charge in [-0.1, -0.05) is 12.1 Å². The number of β-amino-alcohol motifs (C(OH)–C–C–N with tert-alkyl or cyclic N) is 1. The van der Waals surface area contributed by atoms with Crippen LogP contribution in [0.3, 0.4) is 0 Å². The number of methoxy groups -OCH3 is 1. The summed E-state index contributed by atoms with van der Waals surface area (Å²) in [4.78, 5) is 1.93. The topological polar surface area (TPSA) is 44.7 Å². The van der Waals surface area contributed by atoms with Crippen LogP contribution >= 0.6 is 0 Å². The Morgan fingerprint density at radius 3 is 2.95 bits per heavy atom. The normalized spacial score (nSPS) is 22.5. The zero-order chi connectivity index (χ0) is 14.6. The fraction of sp³-hybridized carbons (Fsp3) is 0.600. The summed E-state index contributed by atoms with van der Waals surface area (Å²) in [7, 11) is 1.65. The number of rotatable bonds is 6. The molecule has 0 amide bonds. The molecule has 0 saturated carbocycles. The monoisotopic (exact) mass is 282 g/mol. The molecular weight excluding hydrogens is 259 g/mol. The molecule has 112 valence electrons. The summed E-state index contributed by atoms with van der Waals surface area (Å²) in [5, 5.41) is 13.3. The molecule has 1 atom stereocenters. The number of para-hydroxylation sites is 1. The average Bonchev–Trinajstić information content (AvgIpc) is 2.75. The maximum atomic E-state index is 14.2. The van der Waals surface area contributed by atoms with Crippen molar-refractivity contribution in [2.75, 3.05) is 38.3 Å². The number of hydrogen-bond acceptors (Lipinski definition) is 4. The van der Waals surface area contributed by atoms with Gasteiger partial charge in [-0.25, -0.2) is 4.39 Å². The number of hydrogen-bond donors (Lipinski definition) is 2. The summed E-state index contributed by atoms with van der Waals surface area (Å²) in [5.74, 6) is -0.228. The van der Waals surface area contributed by atoms with Gasteiger partial charge in [-0.2, -0.15) is 0 Å². The fourth-order valence-corrected chi connectivity index (χ4v) is 2.59. The molecule has 0 aromatic heterocycles. The maximum Gasteiger partial charge on any atom is 0.146 e. The van der Waals surface area contributed by atoms with Gasteiger partial charge >= 0.3 is 0 Å². The Bertz CT molecular complexity index is 451. The lowest BCUT2D eigenvalue weighted by molar-refractivity contribution is 0.0839. The first-order valence-corrected chi connectivity index (χ1v) is 6.98. The van der Waals surface area contributed by atoms with Crippen molar-refractivity contribution in [2.24, 2.45) is 0 Å². The molecule has 1 unspecified atom stereocenters. The number of nitrogens with zero attached hydrogens (tertiary/aromatic N) is 1. The summed E-state index contributed by atoms with van der Waals surface area (Å²) >= 11 is 0. The van der Waals surface area contributed by atoms with Gasteiger partial charge in [-0.05, 0) is 25.0 Å². The fourth-order valence-electron chi connectivity index (χ4n) is 2.59. The minimum atomic E-state index is -0.733. The molecule has 0 aliphatic carbocycles. The van der Waals surface area contributed by atoms with E-state index in [2.05, 4.69) is 5.32 Å². The lowest BCUT2D eigenvalue weighted by Gasteiger charge is -2.24. The van der Waals surface area contributed by atoms with Crippen molar-refractivity contribution in [3.63, 3.8) is 0 Å². The first-order valence-electron chi connectivity index (χ1n) is 6.98. The Morgan fingerprint density at radius 2 is 2.30 bits per heavy atom. The highest BCUT2D eigenvalue weighted by Gasteiger charge is 2.33. The number of aliphatic hydroxyl groups is 1. The Kier molecular flexibility index (Phi) is 4.96. The van der Waals surface area contributed by atoms with Gasteiger partial charge in [0.25, 0.3) is 0 Å². The van der Waals surface area contributed by atoms with Gasteiger partial charge in [-0.3, -0.25) is 0 Å². The lowest BCUT2D eigenvalue weighted by atomic mass is 10.1. The van der Waals surface area contributed by atoms with E-state index in [0.717, 1.165) is 12.1 Å². The summed E-state index contributed by atoms with van der Waals surface area (Å²) in [6.07, 6.45) is 0.665. The smallest absolute Gasteiger partial charge is 0.146 e. The summed E-state index contributed by atoms with van der Waals surface area (Å²) in [6, 6.07) is 5.12. The SMILES string of the molecule is COCCNCc1cccc(F)c1N1CCC(C)(O)C1. The molecule has 4 nitrogen and oxygen atoms in total. The van der Waals surface area contributed by atoms with Crippen molar-refractivity contribution in [1.82, 2.24) is 5.32 Å². The second-order valence-corrected chi connectivity index (χ2v) is 5.59. The lowest BCUT2D eigenvalue weighted by Crippen LogP contribution is -2.31. The molecule has 2 N–H and O–H groups in total. The number of nitrogens with one attached hydrogen (secondary N) is 1. The van der Waals surface area contributed by atoms with E-state index in [1.54, 1.807) is 20.1 Å². The van der Waals surface area contributed by atoms with Gasteiger partial charge in [0.1, 0.15) is 5.82 Å². The van der Waals surface area contributed by atoms with Crippen LogP contribution in [0.2, 0.25) is 0 Å². The van der Waals surface area contributed by atoms with Crippen LogP contribution in [0.4, 0.5) is 10.1 Å². The standard InChI is InChI=1S/C15H23FN2O2/c1-15(19)6-8-18(11-15)14-12(4-3-5-13(14)16)10-17-7-9-20-2/h3-5,17,19H,6-11H2,1-2H3. The summed E-state index contributed by atoms with van der Waals surface area (Å²) < 4.78 is 19.1. The molecule has 2 rings (SSSR count). The number of anilines is 1. The third kappa shape index (κ3) is 3.69. The van der Waals surface area contributed by atoms with Crippen molar-refractivity contribution in [1.29, 1.82) is 0 Å². The van der Waals surface area contributed by atoms with Crippen LogP contribution in [-0.2, 0) is 11.3 Å². The Labute approximate surface area is 119 Å². The Hall–Kier alpha value is -1.17. The van der Waals surface area contributed by atoms with E-state index >= 15 is 0 Å². The highest BCUT2D eigenvalue weighted by molar-refractivity contribution is 5.56. The second-order valence-electron chi connectivity index (χ2n) is 5.59. The molecule has 1 aromatic carbocycles. The van der Waals surface area contributed by atoms with E-state index in [1.807, 2.05) is 11.0 Å². The second kappa shape index (κ2) is 6.52. The first-order chi connectivity index (χ1) is 9.53. The molecule has 1 aromatic rings. The average molecular weight is 282 g/mol. The van der Waals surface area contributed by atoms with Crippen LogP contribution in [0.5, 0.6) is 0 Å². The van der Waals surface area contributed by atoms with Crippen LogP contribution in [-0.4, -0.2) is 44.1 Å². The third-order valence-corrected chi connectivity index (χ3v) is 3.64. The van der Waals surface area contributed by atoms with Crippen molar-refractivity contribution < 1.29 is 14.2 Å². The molecular formula is C15H23FN2O2. The van der Waals surface area contributed by atoms with Gasteiger partial charge < -0.3 is 20.1 Å². The number of halogens is 1. The summed E-state index contributed by atoms with van der Waals surface area (Å²) in [6.45, 7) is 4.89. The highest BCUT2D eigenvalue weighted by atomic mass is 19.1. The zero-order valence-corrected chi connectivity index (χ0v) is 12.2. The van der Waals surface area contributed by atoms with Crippen LogP contribution < -0.4 is 10.2 Å². The first kappa shape index (κ1) is 15.2. The van der Waals surface area contributed by atoms with Crippen molar-refractivity contribution in [3.8, 4) is 0 Å². The van der Waals surface area contributed by atoms with Gasteiger partial charge in [-0.15, -0.1) is 0 Å². The van der Waals surface area contributed by atoms with Gasteiger partial charge in [0.2, 0.25) is 0 Å². The molecule has 1 aliphatic rings. The predicted octanol–water partition coefficient (Wildman–Crippen LogP) is 1.52. The molecule has 0 spiro atoms. The number of benzene rings is 1.